The van der Waals surface area contributed by atoms with E-state index in [1.807, 2.05) is 11.6 Å². The van der Waals surface area contributed by atoms with Crippen LogP contribution in [-0.2, 0) is 24.7 Å². The number of carbonyl (C=O) groups is 1. The van der Waals surface area contributed by atoms with Crippen LogP contribution in [0.3, 0.4) is 0 Å². The van der Waals surface area contributed by atoms with Crippen molar-refractivity contribution in [1.82, 2.24) is 9.55 Å². The molecule has 0 fully saturated rings. The highest BCUT2D eigenvalue weighted by molar-refractivity contribution is 5.76. The van der Waals surface area contributed by atoms with Crippen molar-refractivity contribution < 1.29 is 14.3 Å². The Morgan fingerprint density at radius 2 is 2.24 bits per heavy atom. The van der Waals surface area contributed by atoms with Crippen molar-refractivity contribution in [2.75, 3.05) is 0 Å². The first-order chi connectivity index (χ1) is 10.1. The predicted molar refractivity (Wildman–Crippen MR) is 75.7 cm³/mol. The Kier molecular flexibility index (Phi) is 3.49. The van der Waals surface area contributed by atoms with Gasteiger partial charge in [0, 0.05) is 19.2 Å². The third-order valence-corrected chi connectivity index (χ3v) is 4.18. The van der Waals surface area contributed by atoms with Gasteiger partial charge in [-0.2, -0.15) is 0 Å². The van der Waals surface area contributed by atoms with Gasteiger partial charge in [0.15, 0.2) is 0 Å². The number of hydrogen-bond donors (Lipinski definition) is 1. The Bertz CT molecular complexity index is 694. The molecule has 1 unspecified atom stereocenters. The zero-order valence-electron chi connectivity index (χ0n) is 11.8. The van der Waals surface area contributed by atoms with E-state index in [1.165, 1.54) is 6.07 Å². The van der Waals surface area contributed by atoms with Gasteiger partial charge in [-0.25, -0.2) is 9.37 Å². The zero-order chi connectivity index (χ0) is 15.0. The molecule has 1 heterocycles. The maximum atomic E-state index is 13.8. The molecule has 0 bridgehead atoms. The van der Waals surface area contributed by atoms with Gasteiger partial charge in [-0.15, -0.1) is 0 Å². The largest absolute Gasteiger partial charge is 0.481 e. The monoisotopic (exact) mass is 288 g/mol. The second kappa shape index (κ2) is 5.31. The Hall–Kier alpha value is -2.17. The molecule has 1 N–H and O–H groups in total. The number of aromatic nitrogens is 2. The normalized spacial score (nSPS) is 17.5. The average Bonchev–Trinajstić information content (AvgIpc) is 2.78. The molecule has 1 aromatic heterocycles. The van der Waals surface area contributed by atoms with E-state index in [9.17, 15) is 14.3 Å². The van der Waals surface area contributed by atoms with E-state index in [1.54, 1.807) is 18.2 Å². The molecule has 0 spiro atoms. The van der Waals surface area contributed by atoms with E-state index >= 15 is 0 Å². The summed E-state index contributed by atoms with van der Waals surface area (Å²) in [5, 5.41) is 9.31. The smallest absolute Gasteiger partial charge is 0.312 e. The van der Waals surface area contributed by atoms with Gasteiger partial charge >= 0.3 is 5.97 Å². The number of hydrogen-bond acceptors (Lipinski definition) is 2. The molecule has 1 aromatic carbocycles. The van der Waals surface area contributed by atoms with Crippen LogP contribution in [0.4, 0.5) is 4.39 Å². The fourth-order valence-corrected chi connectivity index (χ4v) is 3.00. The molecule has 0 radical (unpaired) electrons. The number of benzene rings is 1. The number of aliphatic carboxylic acids is 1. The summed E-state index contributed by atoms with van der Waals surface area (Å²) in [6.45, 7) is 0. The minimum absolute atomic E-state index is 0.256. The average molecular weight is 288 g/mol. The van der Waals surface area contributed by atoms with E-state index in [0.717, 1.165) is 24.4 Å². The highest BCUT2D eigenvalue weighted by Crippen LogP contribution is 2.32. The molecule has 2 aromatic rings. The van der Waals surface area contributed by atoms with E-state index < -0.39 is 11.9 Å². The Morgan fingerprint density at radius 1 is 1.48 bits per heavy atom. The quantitative estimate of drug-likeness (QED) is 0.944. The second-order valence-electron chi connectivity index (χ2n) is 5.47. The molecule has 5 heteroatoms. The number of imidazole rings is 1. The van der Waals surface area contributed by atoms with Crippen LogP contribution in [0.1, 0.15) is 41.5 Å². The van der Waals surface area contributed by atoms with Crippen molar-refractivity contribution in [1.29, 1.82) is 0 Å². The first kappa shape index (κ1) is 13.8. The van der Waals surface area contributed by atoms with E-state index in [2.05, 4.69) is 4.98 Å². The number of carboxylic acids is 1. The van der Waals surface area contributed by atoms with E-state index in [0.29, 0.717) is 24.1 Å². The lowest BCUT2D eigenvalue weighted by atomic mass is 9.90. The standard InChI is InChI=1S/C16H17FN2O2/c1-19-13-8-4-6-11(16(20)21)15(13)18-14(19)9-10-5-2-3-7-12(10)17/h2-3,5,7,11H,4,6,8-9H2,1H3,(H,20,21). The SMILES string of the molecule is Cn1c(Cc2ccccc2F)nc2c1CCCC2C(=O)O. The lowest BCUT2D eigenvalue weighted by Gasteiger charge is -2.18. The highest BCUT2D eigenvalue weighted by atomic mass is 19.1. The first-order valence-corrected chi connectivity index (χ1v) is 7.08. The van der Waals surface area contributed by atoms with Crippen molar-refractivity contribution in [3.05, 3.63) is 52.9 Å². The molecular weight excluding hydrogens is 271 g/mol. The summed E-state index contributed by atoms with van der Waals surface area (Å²) in [6, 6.07) is 6.61. The molecule has 21 heavy (non-hydrogen) atoms. The summed E-state index contributed by atoms with van der Waals surface area (Å²) in [7, 11) is 1.88. The van der Waals surface area contributed by atoms with Gasteiger partial charge in [0.1, 0.15) is 17.6 Å². The van der Waals surface area contributed by atoms with E-state index in [4.69, 9.17) is 0 Å². The van der Waals surface area contributed by atoms with Crippen LogP contribution >= 0.6 is 0 Å². The van der Waals surface area contributed by atoms with Gasteiger partial charge in [-0.05, 0) is 30.9 Å². The maximum absolute atomic E-state index is 13.8. The Balaban J connectivity index is 1.98. The van der Waals surface area contributed by atoms with Gasteiger partial charge < -0.3 is 9.67 Å². The summed E-state index contributed by atoms with van der Waals surface area (Å²) < 4.78 is 15.7. The molecule has 1 atom stereocenters. The van der Waals surface area contributed by atoms with Crippen LogP contribution < -0.4 is 0 Å². The number of nitrogens with zero attached hydrogens (tertiary/aromatic N) is 2. The zero-order valence-corrected chi connectivity index (χ0v) is 11.8. The van der Waals surface area contributed by atoms with Crippen LogP contribution in [-0.4, -0.2) is 20.6 Å². The minimum Gasteiger partial charge on any atom is -0.481 e. The topological polar surface area (TPSA) is 55.1 Å². The third-order valence-electron chi connectivity index (χ3n) is 4.18. The fraction of sp³-hybridized carbons (Fsp3) is 0.375. The van der Waals surface area contributed by atoms with Gasteiger partial charge in [-0.3, -0.25) is 4.79 Å². The van der Waals surface area contributed by atoms with Crippen molar-refractivity contribution in [2.24, 2.45) is 7.05 Å². The van der Waals surface area contributed by atoms with Gasteiger partial charge in [0.05, 0.1) is 5.69 Å². The number of rotatable bonds is 3. The van der Waals surface area contributed by atoms with Crippen molar-refractivity contribution in [3.63, 3.8) is 0 Å². The van der Waals surface area contributed by atoms with Gasteiger partial charge in [0.2, 0.25) is 0 Å². The summed E-state index contributed by atoms with van der Waals surface area (Å²) in [6.07, 6.45) is 2.68. The minimum atomic E-state index is -0.827. The van der Waals surface area contributed by atoms with Crippen LogP contribution in [0.5, 0.6) is 0 Å². The summed E-state index contributed by atoms with van der Waals surface area (Å²) in [4.78, 5) is 15.8. The molecule has 0 aliphatic heterocycles. The molecule has 0 saturated heterocycles. The molecule has 3 rings (SSSR count). The van der Waals surface area contributed by atoms with Crippen LogP contribution in [0.25, 0.3) is 0 Å². The fourth-order valence-electron chi connectivity index (χ4n) is 3.00. The summed E-state index contributed by atoms with van der Waals surface area (Å²) in [5.41, 5.74) is 2.21. The van der Waals surface area contributed by atoms with Gasteiger partial charge in [0.25, 0.3) is 0 Å². The van der Waals surface area contributed by atoms with Gasteiger partial charge in [-0.1, -0.05) is 18.2 Å². The number of carboxylic acid groups (broad SMARTS) is 1. The number of fused-ring (bicyclic) bond motifs is 1. The predicted octanol–water partition coefficient (Wildman–Crippen LogP) is 2.65. The summed E-state index contributed by atoms with van der Waals surface area (Å²) in [5.74, 6) is -0.896. The van der Waals surface area contributed by atoms with Crippen LogP contribution in [0.2, 0.25) is 0 Å². The molecule has 110 valence electrons. The first-order valence-electron chi connectivity index (χ1n) is 7.08. The molecule has 4 nitrogen and oxygen atoms in total. The van der Waals surface area contributed by atoms with Crippen LogP contribution in [0, 0.1) is 5.82 Å². The van der Waals surface area contributed by atoms with Crippen molar-refractivity contribution in [3.8, 4) is 0 Å². The van der Waals surface area contributed by atoms with Crippen molar-refractivity contribution in [2.45, 2.75) is 31.6 Å². The lowest BCUT2D eigenvalue weighted by molar-refractivity contribution is -0.139. The number of halogens is 1. The highest BCUT2D eigenvalue weighted by Gasteiger charge is 2.31. The molecule has 1 aliphatic carbocycles. The molecule has 1 aliphatic rings. The maximum Gasteiger partial charge on any atom is 0.312 e. The molecule has 0 saturated carbocycles. The Morgan fingerprint density at radius 3 is 2.95 bits per heavy atom. The van der Waals surface area contributed by atoms with Crippen LogP contribution in [0.15, 0.2) is 24.3 Å². The molecule has 0 amide bonds. The lowest BCUT2D eigenvalue weighted by Crippen LogP contribution is -2.18. The molecular formula is C16H17FN2O2. The van der Waals surface area contributed by atoms with E-state index in [-0.39, 0.29) is 5.82 Å². The summed E-state index contributed by atoms with van der Waals surface area (Å²) >= 11 is 0. The second-order valence-corrected chi connectivity index (χ2v) is 5.47. The van der Waals surface area contributed by atoms with Crippen molar-refractivity contribution >= 4 is 5.97 Å². The third kappa shape index (κ3) is 2.44. The Labute approximate surface area is 122 Å².